The lowest BCUT2D eigenvalue weighted by Crippen LogP contribution is -2.41. The SMILES string of the molecule is CC(C)(CNCc1ccnc2c(NC(=O)c3ccc(N4C(=O)[C@@H]5[C@H](C4=O)[C@@H]4C=C[C@H]5C4)cc3)cccc12)COCCN=Nc1cccc2c(O)n(C3CCC(=O)NC3=O)c(O)c12. The monoisotopic (exact) mass is 838 g/mol. The largest absolute Gasteiger partial charge is 0.494 e. The number of imide groups is 2. The molecule has 1 unspecified atom stereocenters. The molecular weight excluding hydrogens is 793 g/mol. The summed E-state index contributed by atoms with van der Waals surface area (Å²) in [6, 6.07) is 18.1. The van der Waals surface area contributed by atoms with Crippen LogP contribution in [0.15, 0.2) is 95.3 Å². The molecule has 2 bridgehead atoms. The van der Waals surface area contributed by atoms with Gasteiger partial charge < -0.3 is 25.6 Å². The van der Waals surface area contributed by atoms with Gasteiger partial charge in [0, 0.05) is 47.5 Å². The van der Waals surface area contributed by atoms with Gasteiger partial charge in [0.25, 0.3) is 5.91 Å². The second-order valence-corrected chi connectivity index (χ2v) is 17.2. The molecule has 2 aromatic heterocycles. The molecule has 4 heterocycles. The molecule has 318 valence electrons. The zero-order valence-electron chi connectivity index (χ0n) is 34.2. The van der Waals surface area contributed by atoms with Crippen LogP contribution in [-0.4, -0.2) is 75.6 Å². The fourth-order valence-corrected chi connectivity index (χ4v) is 9.39. The summed E-state index contributed by atoms with van der Waals surface area (Å²) in [7, 11) is 0. The lowest BCUT2D eigenvalue weighted by atomic mass is 9.85. The van der Waals surface area contributed by atoms with Gasteiger partial charge in [-0.1, -0.05) is 44.2 Å². The van der Waals surface area contributed by atoms with E-state index in [2.05, 4.69) is 57.2 Å². The summed E-state index contributed by atoms with van der Waals surface area (Å²) in [6.07, 6.45) is 6.95. The maximum absolute atomic E-state index is 13.4. The molecule has 5 N–H and O–H groups in total. The number of aromatic hydroxyl groups is 2. The van der Waals surface area contributed by atoms with Crippen molar-refractivity contribution < 1.29 is 38.9 Å². The first kappa shape index (κ1) is 40.6. The van der Waals surface area contributed by atoms with Crippen LogP contribution in [0.2, 0.25) is 0 Å². The maximum Gasteiger partial charge on any atom is 0.255 e. The number of pyridine rings is 1. The fraction of sp³-hybridized carbons (Fsp3) is 0.348. The lowest BCUT2D eigenvalue weighted by molar-refractivity contribution is -0.136. The van der Waals surface area contributed by atoms with Crippen LogP contribution in [0, 0.1) is 29.1 Å². The Bertz CT molecular complexity index is 2680. The highest BCUT2D eigenvalue weighted by Gasteiger charge is 2.59. The van der Waals surface area contributed by atoms with Gasteiger partial charge >= 0.3 is 0 Å². The Balaban J connectivity index is 0.763. The Morgan fingerprint density at radius 2 is 1.66 bits per heavy atom. The van der Waals surface area contributed by atoms with Crippen LogP contribution in [0.1, 0.15) is 55.1 Å². The van der Waals surface area contributed by atoms with Crippen molar-refractivity contribution in [2.24, 2.45) is 39.3 Å². The minimum atomic E-state index is -0.941. The average Bonchev–Trinajstić information content (AvgIpc) is 4.01. The number of para-hydroxylation sites is 1. The molecule has 16 heteroatoms. The predicted octanol–water partition coefficient (Wildman–Crippen LogP) is 6.06. The number of amides is 5. The fourth-order valence-electron chi connectivity index (χ4n) is 9.39. The molecule has 5 aromatic rings. The summed E-state index contributed by atoms with van der Waals surface area (Å²) in [5, 5.41) is 40.6. The molecule has 16 nitrogen and oxygen atoms in total. The molecule has 0 spiro atoms. The van der Waals surface area contributed by atoms with E-state index in [1.165, 1.54) is 4.90 Å². The third kappa shape index (κ3) is 7.38. The number of nitrogens with zero attached hydrogens (tertiary/aromatic N) is 5. The number of aromatic nitrogens is 2. The van der Waals surface area contributed by atoms with Gasteiger partial charge in [0.2, 0.25) is 35.4 Å². The van der Waals surface area contributed by atoms with Gasteiger partial charge in [-0.15, -0.1) is 0 Å². The van der Waals surface area contributed by atoms with E-state index in [4.69, 9.17) is 4.74 Å². The summed E-state index contributed by atoms with van der Waals surface area (Å²) < 4.78 is 7.08. The number of anilines is 2. The van der Waals surface area contributed by atoms with E-state index >= 15 is 0 Å². The summed E-state index contributed by atoms with van der Waals surface area (Å²) in [5.41, 5.74) is 3.14. The number of hydrogen-bond acceptors (Lipinski definition) is 12. The van der Waals surface area contributed by atoms with E-state index < -0.39 is 17.9 Å². The molecule has 3 fully saturated rings. The first-order chi connectivity index (χ1) is 29.9. The number of benzene rings is 3. The average molecular weight is 839 g/mol. The van der Waals surface area contributed by atoms with Crippen molar-refractivity contribution in [3.8, 4) is 11.8 Å². The van der Waals surface area contributed by atoms with E-state index in [9.17, 15) is 34.2 Å². The van der Waals surface area contributed by atoms with E-state index in [0.717, 1.165) is 21.9 Å². The van der Waals surface area contributed by atoms with Gasteiger partial charge in [0.15, 0.2) is 0 Å². The third-order valence-corrected chi connectivity index (χ3v) is 12.4. The number of rotatable bonds is 14. The Morgan fingerprint density at radius 1 is 0.935 bits per heavy atom. The van der Waals surface area contributed by atoms with E-state index in [1.807, 2.05) is 18.2 Å². The van der Waals surface area contributed by atoms with E-state index in [1.54, 1.807) is 54.7 Å². The topological polar surface area (TPSA) is 217 Å². The molecule has 0 radical (unpaired) electrons. The van der Waals surface area contributed by atoms with Gasteiger partial charge in [-0.2, -0.15) is 10.2 Å². The number of carbonyl (C=O) groups excluding carboxylic acids is 5. The summed E-state index contributed by atoms with van der Waals surface area (Å²) in [4.78, 5) is 69.9. The number of carbonyl (C=O) groups is 5. The highest BCUT2D eigenvalue weighted by atomic mass is 16.5. The predicted molar refractivity (Wildman–Crippen MR) is 229 cm³/mol. The van der Waals surface area contributed by atoms with Crippen molar-refractivity contribution in [1.29, 1.82) is 0 Å². The normalized spacial score (nSPS) is 22.1. The molecule has 5 amide bonds. The van der Waals surface area contributed by atoms with Crippen molar-refractivity contribution >= 4 is 68.3 Å². The zero-order valence-corrected chi connectivity index (χ0v) is 34.2. The van der Waals surface area contributed by atoms with Crippen molar-refractivity contribution in [2.45, 2.75) is 45.7 Å². The minimum Gasteiger partial charge on any atom is -0.494 e. The second kappa shape index (κ2) is 16.2. The Labute approximate surface area is 356 Å². The molecule has 4 aliphatic rings. The number of allylic oxidation sites excluding steroid dienone is 2. The molecule has 3 aromatic carbocycles. The smallest absolute Gasteiger partial charge is 0.255 e. The van der Waals surface area contributed by atoms with Crippen molar-refractivity contribution in [1.82, 2.24) is 20.2 Å². The Morgan fingerprint density at radius 3 is 2.40 bits per heavy atom. The van der Waals surface area contributed by atoms with E-state index in [0.29, 0.717) is 59.8 Å². The van der Waals surface area contributed by atoms with Crippen molar-refractivity contribution in [3.63, 3.8) is 0 Å². The van der Waals surface area contributed by atoms with Gasteiger partial charge in [0.05, 0.1) is 59.6 Å². The molecule has 2 aliphatic carbocycles. The molecule has 2 saturated heterocycles. The van der Waals surface area contributed by atoms with Gasteiger partial charge in [0.1, 0.15) is 6.04 Å². The number of ether oxygens (including phenoxy) is 1. The van der Waals surface area contributed by atoms with Gasteiger partial charge in [-0.3, -0.25) is 43.7 Å². The molecule has 1 saturated carbocycles. The van der Waals surface area contributed by atoms with E-state index in [-0.39, 0.29) is 83.3 Å². The lowest BCUT2D eigenvalue weighted by Gasteiger charge is -2.25. The van der Waals surface area contributed by atoms with Gasteiger partial charge in [-0.05, 0) is 78.8 Å². The summed E-state index contributed by atoms with van der Waals surface area (Å²) in [5.74, 6) is -2.60. The first-order valence-electron chi connectivity index (χ1n) is 20.8. The van der Waals surface area contributed by atoms with Crippen molar-refractivity contribution in [3.05, 3.63) is 96.2 Å². The van der Waals surface area contributed by atoms with Crippen LogP contribution in [-0.2, 0) is 30.5 Å². The Kier molecular flexibility index (Phi) is 10.6. The molecular formula is C46H46N8O8. The third-order valence-electron chi connectivity index (χ3n) is 12.4. The first-order valence-corrected chi connectivity index (χ1v) is 20.8. The molecule has 9 rings (SSSR count). The van der Waals surface area contributed by atoms with Crippen molar-refractivity contribution in [2.75, 3.05) is 36.5 Å². The highest BCUT2D eigenvalue weighted by Crippen LogP contribution is 2.53. The standard InChI is InChI=1S/C46H46N8O8/c1-46(2,24-62-20-19-49-52-32-7-4-6-31-38(32)45(61)54(42(31)58)34-15-16-35(55)51-41(34)57)23-47-22-28-17-18-48-39-30(28)5-3-8-33(39)50-40(56)25-11-13-29(14-12-25)53-43(59)36-26-9-10-27(21-26)37(36)44(53)60/h3-14,17-18,26-27,34,36-37,47,58,61H,15-16,19-24H2,1-2H3,(H,50,56)(H,51,55,57)/t26-,27+,34?,36-,37+. The second-order valence-electron chi connectivity index (χ2n) is 17.2. The van der Waals surface area contributed by atoms with Crippen LogP contribution < -0.4 is 20.9 Å². The number of hydrogen-bond donors (Lipinski definition) is 5. The minimum absolute atomic E-state index is 0.0880. The quantitative estimate of drug-likeness (QED) is 0.0377. The zero-order chi connectivity index (χ0) is 43.3. The summed E-state index contributed by atoms with van der Waals surface area (Å²) in [6.45, 7) is 6.32. The van der Waals surface area contributed by atoms with Crippen LogP contribution in [0.3, 0.4) is 0 Å². The van der Waals surface area contributed by atoms with Gasteiger partial charge in [-0.25, -0.2) is 0 Å². The number of azo groups is 1. The summed E-state index contributed by atoms with van der Waals surface area (Å²) >= 11 is 0. The van der Waals surface area contributed by atoms with Crippen LogP contribution in [0.4, 0.5) is 17.1 Å². The molecule has 2 aliphatic heterocycles. The highest BCUT2D eigenvalue weighted by molar-refractivity contribution is 6.23. The molecule has 62 heavy (non-hydrogen) atoms. The maximum atomic E-state index is 13.4. The number of fused-ring (bicyclic) bond motifs is 7. The molecule has 5 atom stereocenters. The Hall–Kier alpha value is -6.78. The van der Waals surface area contributed by atoms with Crippen LogP contribution >= 0.6 is 0 Å². The number of piperidine rings is 1. The number of nitrogens with one attached hydrogen (secondary N) is 3. The van der Waals surface area contributed by atoms with Crippen LogP contribution in [0.5, 0.6) is 11.8 Å². The van der Waals surface area contributed by atoms with Crippen LogP contribution in [0.25, 0.3) is 21.7 Å².